The van der Waals surface area contributed by atoms with Crippen LogP contribution in [0, 0.1) is 5.82 Å². The Labute approximate surface area is 104 Å². The van der Waals surface area contributed by atoms with E-state index >= 15 is 0 Å². The van der Waals surface area contributed by atoms with Gasteiger partial charge < -0.3 is 10.6 Å². The molecule has 1 aromatic heterocycles. The van der Waals surface area contributed by atoms with Crippen LogP contribution in [0.1, 0.15) is 11.3 Å². The molecule has 2 aromatic rings. The van der Waals surface area contributed by atoms with Crippen LogP contribution >= 0.6 is 0 Å². The largest absolute Gasteiger partial charge is 0.325 e. The SMILES string of the molecule is NCc1ccc(N2CCc3ccc(F)cc32)nn1. The van der Waals surface area contributed by atoms with E-state index in [0.717, 1.165) is 35.7 Å². The van der Waals surface area contributed by atoms with Gasteiger partial charge in [0.1, 0.15) is 5.82 Å². The topological polar surface area (TPSA) is 55.0 Å². The first kappa shape index (κ1) is 11.1. The summed E-state index contributed by atoms with van der Waals surface area (Å²) >= 11 is 0. The number of hydrogen-bond acceptors (Lipinski definition) is 4. The molecular weight excluding hydrogens is 231 g/mol. The summed E-state index contributed by atoms with van der Waals surface area (Å²) in [4.78, 5) is 1.98. The van der Waals surface area contributed by atoms with Crippen molar-refractivity contribution in [1.82, 2.24) is 10.2 Å². The standard InChI is InChI=1S/C13H13FN4/c14-10-2-1-9-5-6-18(12(9)7-10)13-4-3-11(8-15)16-17-13/h1-4,7H,5-6,8,15H2. The first-order valence-electron chi connectivity index (χ1n) is 5.86. The molecule has 1 aliphatic rings. The molecule has 1 aromatic carbocycles. The van der Waals surface area contributed by atoms with Crippen LogP contribution in [0.15, 0.2) is 30.3 Å². The molecule has 0 bridgehead atoms. The lowest BCUT2D eigenvalue weighted by molar-refractivity contribution is 0.628. The van der Waals surface area contributed by atoms with Crippen molar-refractivity contribution in [3.05, 3.63) is 47.4 Å². The minimum atomic E-state index is -0.229. The molecule has 0 unspecified atom stereocenters. The van der Waals surface area contributed by atoms with Crippen LogP contribution in [0.2, 0.25) is 0 Å². The average molecular weight is 244 g/mol. The predicted molar refractivity (Wildman–Crippen MR) is 67.0 cm³/mol. The lowest BCUT2D eigenvalue weighted by atomic mass is 10.2. The molecule has 2 heterocycles. The molecule has 2 N–H and O–H groups in total. The van der Waals surface area contributed by atoms with Gasteiger partial charge in [0.2, 0.25) is 0 Å². The molecule has 0 amide bonds. The maximum absolute atomic E-state index is 13.3. The molecule has 92 valence electrons. The minimum Gasteiger partial charge on any atom is -0.325 e. The summed E-state index contributed by atoms with van der Waals surface area (Å²) in [5, 5.41) is 8.16. The molecule has 0 aliphatic carbocycles. The van der Waals surface area contributed by atoms with Crippen LogP contribution < -0.4 is 10.6 Å². The summed E-state index contributed by atoms with van der Waals surface area (Å²) < 4.78 is 13.3. The highest BCUT2D eigenvalue weighted by atomic mass is 19.1. The Morgan fingerprint density at radius 3 is 2.83 bits per heavy atom. The first-order chi connectivity index (χ1) is 8.78. The van der Waals surface area contributed by atoms with Gasteiger partial charge in [-0.15, -0.1) is 5.10 Å². The van der Waals surface area contributed by atoms with Crippen molar-refractivity contribution < 1.29 is 4.39 Å². The maximum Gasteiger partial charge on any atom is 0.155 e. The molecule has 1 aliphatic heterocycles. The number of benzene rings is 1. The van der Waals surface area contributed by atoms with E-state index in [9.17, 15) is 4.39 Å². The van der Waals surface area contributed by atoms with Gasteiger partial charge in [-0.2, -0.15) is 5.10 Å². The fourth-order valence-corrected chi connectivity index (χ4v) is 2.20. The van der Waals surface area contributed by atoms with E-state index in [0.29, 0.717) is 6.54 Å². The van der Waals surface area contributed by atoms with E-state index < -0.39 is 0 Å². The van der Waals surface area contributed by atoms with Crippen LogP contribution in [0.5, 0.6) is 0 Å². The van der Waals surface area contributed by atoms with Gasteiger partial charge in [-0.25, -0.2) is 4.39 Å². The van der Waals surface area contributed by atoms with Crippen molar-refractivity contribution in [2.24, 2.45) is 5.73 Å². The molecule has 0 saturated heterocycles. The Bertz CT molecular complexity index is 568. The van der Waals surface area contributed by atoms with Gasteiger partial charge in [0.15, 0.2) is 5.82 Å². The van der Waals surface area contributed by atoms with E-state index in [-0.39, 0.29) is 5.82 Å². The number of aromatic nitrogens is 2. The summed E-state index contributed by atoms with van der Waals surface area (Å²) in [6, 6.07) is 8.58. The lowest BCUT2D eigenvalue weighted by Crippen LogP contribution is -2.16. The van der Waals surface area contributed by atoms with Crippen LogP contribution in [-0.4, -0.2) is 16.7 Å². The smallest absolute Gasteiger partial charge is 0.155 e. The molecular formula is C13H13FN4. The van der Waals surface area contributed by atoms with Crippen molar-refractivity contribution in [3.63, 3.8) is 0 Å². The average Bonchev–Trinajstić information content (AvgIpc) is 2.82. The van der Waals surface area contributed by atoms with Crippen molar-refractivity contribution >= 4 is 11.5 Å². The zero-order valence-corrected chi connectivity index (χ0v) is 9.81. The van der Waals surface area contributed by atoms with Gasteiger partial charge in [0.05, 0.1) is 5.69 Å². The Hall–Kier alpha value is -2.01. The highest BCUT2D eigenvalue weighted by Crippen LogP contribution is 2.33. The fourth-order valence-electron chi connectivity index (χ4n) is 2.20. The third kappa shape index (κ3) is 1.82. The predicted octanol–water partition coefficient (Wildman–Crippen LogP) is 1.77. The molecule has 0 radical (unpaired) electrons. The third-order valence-electron chi connectivity index (χ3n) is 3.13. The normalized spacial score (nSPS) is 13.8. The van der Waals surface area contributed by atoms with Gasteiger partial charge in [-0.3, -0.25) is 0 Å². The Morgan fingerprint density at radius 2 is 2.11 bits per heavy atom. The molecule has 0 spiro atoms. The Kier molecular flexibility index (Phi) is 2.68. The molecule has 0 fully saturated rings. The summed E-state index contributed by atoms with van der Waals surface area (Å²) in [5.74, 6) is 0.503. The van der Waals surface area contributed by atoms with E-state index in [4.69, 9.17) is 5.73 Å². The number of rotatable bonds is 2. The van der Waals surface area contributed by atoms with Gasteiger partial charge in [0, 0.05) is 18.8 Å². The summed E-state index contributed by atoms with van der Waals surface area (Å²) in [7, 11) is 0. The van der Waals surface area contributed by atoms with Gasteiger partial charge in [-0.1, -0.05) is 6.07 Å². The second-order valence-corrected chi connectivity index (χ2v) is 4.26. The van der Waals surface area contributed by atoms with E-state index in [1.54, 1.807) is 6.07 Å². The van der Waals surface area contributed by atoms with Crippen LogP contribution in [-0.2, 0) is 13.0 Å². The quantitative estimate of drug-likeness (QED) is 0.874. The molecule has 3 rings (SSSR count). The molecule has 5 heteroatoms. The van der Waals surface area contributed by atoms with E-state index in [2.05, 4.69) is 10.2 Å². The Morgan fingerprint density at radius 1 is 1.22 bits per heavy atom. The van der Waals surface area contributed by atoms with Crippen LogP contribution in [0.25, 0.3) is 0 Å². The van der Waals surface area contributed by atoms with Crippen molar-refractivity contribution in [2.75, 3.05) is 11.4 Å². The molecule has 0 saturated carbocycles. The number of fused-ring (bicyclic) bond motifs is 1. The second-order valence-electron chi connectivity index (χ2n) is 4.26. The number of nitrogens with two attached hydrogens (primary N) is 1. The maximum atomic E-state index is 13.3. The summed E-state index contributed by atoms with van der Waals surface area (Å²) in [5.41, 5.74) is 8.25. The molecule has 4 nitrogen and oxygen atoms in total. The molecule has 18 heavy (non-hydrogen) atoms. The van der Waals surface area contributed by atoms with Crippen molar-refractivity contribution in [3.8, 4) is 0 Å². The van der Waals surface area contributed by atoms with Crippen LogP contribution in [0.3, 0.4) is 0 Å². The lowest BCUT2D eigenvalue weighted by Gasteiger charge is -2.17. The minimum absolute atomic E-state index is 0.229. The zero-order chi connectivity index (χ0) is 12.5. The first-order valence-corrected chi connectivity index (χ1v) is 5.86. The summed E-state index contributed by atoms with van der Waals surface area (Å²) in [6.07, 6.45) is 0.899. The summed E-state index contributed by atoms with van der Waals surface area (Å²) in [6.45, 7) is 1.17. The van der Waals surface area contributed by atoms with Gasteiger partial charge in [-0.05, 0) is 36.2 Å². The van der Waals surface area contributed by atoms with E-state index in [1.807, 2.05) is 23.1 Å². The molecule has 0 atom stereocenters. The number of halogens is 1. The fraction of sp³-hybridized carbons (Fsp3) is 0.231. The van der Waals surface area contributed by atoms with E-state index in [1.165, 1.54) is 6.07 Å². The highest BCUT2D eigenvalue weighted by Gasteiger charge is 2.21. The van der Waals surface area contributed by atoms with Crippen LogP contribution in [0.4, 0.5) is 15.9 Å². The number of nitrogens with zero attached hydrogens (tertiary/aromatic N) is 3. The van der Waals surface area contributed by atoms with Gasteiger partial charge in [0.25, 0.3) is 0 Å². The Balaban J connectivity index is 1.97. The highest BCUT2D eigenvalue weighted by molar-refractivity contribution is 5.67. The zero-order valence-electron chi connectivity index (χ0n) is 9.81. The van der Waals surface area contributed by atoms with Crippen molar-refractivity contribution in [1.29, 1.82) is 0 Å². The monoisotopic (exact) mass is 244 g/mol. The third-order valence-corrected chi connectivity index (χ3v) is 3.13. The number of hydrogen-bond donors (Lipinski definition) is 1. The van der Waals surface area contributed by atoms with Crippen molar-refractivity contribution in [2.45, 2.75) is 13.0 Å². The number of anilines is 2. The van der Waals surface area contributed by atoms with Gasteiger partial charge >= 0.3 is 0 Å². The second kappa shape index (κ2) is 4.34.